The summed E-state index contributed by atoms with van der Waals surface area (Å²) in [5, 5.41) is 0. The number of carbonyl (C=O) groups is 1. The molecule has 0 unspecified atom stereocenters. The van der Waals surface area contributed by atoms with E-state index >= 15 is 0 Å². The second-order valence-corrected chi connectivity index (χ2v) is 9.59. The average Bonchev–Trinajstić information content (AvgIpc) is 3.31. The van der Waals surface area contributed by atoms with Gasteiger partial charge in [0.05, 0.1) is 15.1 Å². The molecule has 158 valence electrons. The molecule has 3 aromatic rings. The summed E-state index contributed by atoms with van der Waals surface area (Å²) >= 11 is 1.37. The molecule has 1 aliphatic heterocycles. The van der Waals surface area contributed by atoms with Crippen LogP contribution in [0.1, 0.15) is 24.2 Å². The third-order valence-corrected chi connectivity index (χ3v) is 8.10. The first-order valence-electron chi connectivity index (χ1n) is 9.43. The molecule has 0 N–H and O–H groups in total. The summed E-state index contributed by atoms with van der Waals surface area (Å²) in [6, 6.07) is 9.61. The van der Waals surface area contributed by atoms with Crippen molar-refractivity contribution < 1.29 is 22.7 Å². The van der Waals surface area contributed by atoms with Crippen molar-refractivity contribution in [2.45, 2.75) is 18.7 Å². The molecule has 0 atom stereocenters. The summed E-state index contributed by atoms with van der Waals surface area (Å²) in [7, 11) is -1.74. The number of aromatic nitrogens is 1. The maximum atomic E-state index is 12.7. The van der Waals surface area contributed by atoms with Crippen LogP contribution in [0.25, 0.3) is 10.2 Å². The molecule has 4 rings (SSSR count). The zero-order valence-corrected chi connectivity index (χ0v) is 18.4. The van der Waals surface area contributed by atoms with Crippen molar-refractivity contribution in [3.63, 3.8) is 0 Å². The van der Waals surface area contributed by atoms with Gasteiger partial charge >= 0.3 is 0 Å². The van der Waals surface area contributed by atoms with Crippen molar-refractivity contribution in [3.05, 3.63) is 46.8 Å². The summed E-state index contributed by atoms with van der Waals surface area (Å²) in [5.74, 6) is 0.898. The van der Waals surface area contributed by atoms with E-state index in [9.17, 15) is 13.2 Å². The topological polar surface area (TPSA) is 90.2 Å². The number of nitrogens with zero attached hydrogens (tertiary/aromatic N) is 3. The van der Waals surface area contributed by atoms with Crippen LogP contribution in [0.4, 0.5) is 0 Å². The summed E-state index contributed by atoms with van der Waals surface area (Å²) in [6.07, 6.45) is 0. The zero-order valence-electron chi connectivity index (χ0n) is 16.8. The highest BCUT2D eigenvalue weighted by Crippen LogP contribution is 2.36. The van der Waals surface area contributed by atoms with Crippen molar-refractivity contribution in [2.75, 3.05) is 19.9 Å². The smallest absolute Gasteiger partial charge is 0.279 e. The molecule has 0 aliphatic carbocycles. The van der Waals surface area contributed by atoms with E-state index in [1.165, 1.54) is 39.9 Å². The van der Waals surface area contributed by atoms with Crippen molar-refractivity contribution in [1.29, 1.82) is 0 Å². The van der Waals surface area contributed by atoms with Crippen LogP contribution >= 0.6 is 11.3 Å². The molecular weight excluding hydrogens is 426 g/mol. The first kappa shape index (κ1) is 20.6. The van der Waals surface area contributed by atoms with Gasteiger partial charge in [0.25, 0.3) is 5.91 Å². The molecule has 0 saturated carbocycles. The highest BCUT2D eigenvalue weighted by atomic mass is 32.2. The van der Waals surface area contributed by atoms with E-state index in [-0.39, 0.29) is 11.7 Å². The van der Waals surface area contributed by atoms with Crippen LogP contribution in [0.3, 0.4) is 0 Å². The minimum absolute atomic E-state index is 0.157. The number of hydrogen-bond donors (Lipinski definition) is 0. The number of hydrogen-bond acceptors (Lipinski definition) is 6. The van der Waals surface area contributed by atoms with Crippen molar-refractivity contribution in [2.24, 2.45) is 12.0 Å². The van der Waals surface area contributed by atoms with E-state index in [0.717, 1.165) is 10.2 Å². The number of sulfonamides is 1. The maximum absolute atomic E-state index is 12.7. The monoisotopic (exact) mass is 447 g/mol. The largest absolute Gasteiger partial charge is 0.454 e. The molecule has 1 aromatic heterocycles. The van der Waals surface area contributed by atoms with Crippen molar-refractivity contribution in [3.8, 4) is 11.5 Å². The lowest BCUT2D eigenvalue weighted by Gasteiger charge is -2.18. The Balaban J connectivity index is 1.66. The highest BCUT2D eigenvalue weighted by molar-refractivity contribution is 7.89. The maximum Gasteiger partial charge on any atom is 0.279 e. The van der Waals surface area contributed by atoms with E-state index in [1.54, 1.807) is 13.8 Å². The Labute approximate surface area is 178 Å². The van der Waals surface area contributed by atoms with Gasteiger partial charge in [-0.15, -0.1) is 0 Å². The molecule has 0 bridgehead atoms. The van der Waals surface area contributed by atoms with Crippen molar-refractivity contribution >= 4 is 37.5 Å². The first-order valence-corrected chi connectivity index (χ1v) is 11.7. The minimum Gasteiger partial charge on any atom is -0.454 e. The van der Waals surface area contributed by atoms with Crippen molar-refractivity contribution in [1.82, 2.24) is 8.87 Å². The summed E-state index contributed by atoms with van der Waals surface area (Å²) in [5.41, 5.74) is 1.21. The van der Waals surface area contributed by atoms with Crippen LogP contribution in [-0.2, 0) is 17.1 Å². The lowest BCUT2D eigenvalue weighted by atomic mass is 10.2. The predicted octanol–water partition coefficient (Wildman–Crippen LogP) is 2.74. The van der Waals surface area contributed by atoms with E-state index in [4.69, 9.17) is 9.47 Å². The number of carbonyl (C=O) groups excluding carboxylic acids is 1. The lowest BCUT2D eigenvalue weighted by Crippen LogP contribution is -2.30. The van der Waals surface area contributed by atoms with E-state index in [0.29, 0.717) is 35.0 Å². The third kappa shape index (κ3) is 3.51. The fourth-order valence-corrected chi connectivity index (χ4v) is 5.74. The number of fused-ring (bicyclic) bond motifs is 2. The molecule has 0 spiro atoms. The van der Waals surface area contributed by atoms with E-state index < -0.39 is 15.9 Å². The van der Waals surface area contributed by atoms with Gasteiger partial charge in [0, 0.05) is 37.8 Å². The number of thiazole rings is 1. The lowest BCUT2D eigenvalue weighted by molar-refractivity contribution is 0.0998. The average molecular weight is 448 g/mol. The second kappa shape index (κ2) is 7.86. The van der Waals surface area contributed by atoms with Crippen LogP contribution in [-0.4, -0.2) is 43.1 Å². The van der Waals surface area contributed by atoms with Crippen LogP contribution in [0.15, 0.2) is 46.3 Å². The van der Waals surface area contributed by atoms with Gasteiger partial charge in [0.15, 0.2) is 16.3 Å². The first-order chi connectivity index (χ1) is 14.3. The highest BCUT2D eigenvalue weighted by Gasteiger charge is 2.22. The Morgan fingerprint density at radius 2 is 1.77 bits per heavy atom. The molecule has 0 saturated heterocycles. The summed E-state index contributed by atoms with van der Waals surface area (Å²) < 4.78 is 40.1. The van der Waals surface area contributed by atoms with Gasteiger partial charge in [-0.05, 0) is 24.3 Å². The fourth-order valence-electron chi connectivity index (χ4n) is 3.26. The number of ether oxygens (including phenoxy) is 2. The molecular formula is C20H21N3O5S2. The van der Waals surface area contributed by atoms with Gasteiger partial charge < -0.3 is 14.0 Å². The number of aryl methyl sites for hydroxylation is 1. The van der Waals surface area contributed by atoms with E-state index in [2.05, 4.69) is 4.99 Å². The molecule has 8 nitrogen and oxygen atoms in total. The van der Waals surface area contributed by atoms with Gasteiger partial charge in [-0.1, -0.05) is 25.2 Å². The minimum atomic E-state index is -3.57. The molecule has 0 radical (unpaired) electrons. The molecule has 0 fully saturated rings. The van der Waals surface area contributed by atoms with Gasteiger partial charge in [-0.2, -0.15) is 9.30 Å². The van der Waals surface area contributed by atoms with Gasteiger partial charge in [0.2, 0.25) is 16.8 Å². The SMILES string of the molecule is CCN(CC)S(=O)(=O)c1ccc(C(=O)N=c2sc3cc4c(cc3n2C)OCO4)cc1. The molecule has 10 heteroatoms. The van der Waals surface area contributed by atoms with Crippen LogP contribution in [0.5, 0.6) is 11.5 Å². The fraction of sp³-hybridized carbons (Fsp3) is 0.300. The zero-order chi connectivity index (χ0) is 21.5. The Bertz CT molecular complexity index is 1290. The Kier molecular flexibility index (Phi) is 5.39. The summed E-state index contributed by atoms with van der Waals surface area (Å²) in [4.78, 5) is 17.6. The molecule has 1 aliphatic rings. The van der Waals surface area contributed by atoms with Crippen LogP contribution in [0.2, 0.25) is 0 Å². The molecule has 2 heterocycles. The molecule has 1 amide bonds. The van der Waals surface area contributed by atoms with E-state index in [1.807, 2.05) is 23.7 Å². The number of benzene rings is 2. The Morgan fingerprint density at radius 3 is 2.40 bits per heavy atom. The Hall–Kier alpha value is -2.69. The second-order valence-electron chi connectivity index (χ2n) is 6.65. The molecule has 30 heavy (non-hydrogen) atoms. The number of amides is 1. The summed E-state index contributed by atoms with van der Waals surface area (Å²) in [6.45, 7) is 4.55. The van der Waals surface area contributed by atoms with Crippen LogP contribution in [0, 0.1) is 0 Å². The van der Waals surface area contributed by atoms with Gasteiger partial charge in [-0.25, -0.2) is 8.42 Å². The normalized spacial score (nSPS) is 14.1. The predicted molar refractivity (Wildman–Crippen MR) is 113 cm³/mol. The quantitative estimate of drug-likeness (QED) is 0.600. The standard InChI is InChI=1S/C20H21N3O5S2/c1-4-23(5-2)30(25,26)14-8-6-13(7-9-14)19(24)21-20-22(3)15-10-16-17(28-12-27-16)11-18(15)29-20/h6-11H,4-5,12H2,1-3H3. The van der Waals surface area contributed by atoms with Gasteiger partial charge in [-0.3, -0.25) is 4.79 Å². The third-order valence-electron chi connectivity index (χ3n) is 4.95. The van der Waals surface area contributed by atoms with Crippen LogP contribution < -0.4 is 14.3 Å². The Morgan fingerprint density at radius 1 is 1.13 bits per heavy atom. The van der Waals surface area contributed by atoms with Gasteiger partial charge in [0.1, 0.15) is 0 Å². The number of rotatable bonds is 5. The molecule has 2 aromatic carbocycles.